The van der Waals surface area contributed by atoms with Gasteiger partial charge < -0.3 is 5.32 Å². The zero-order chi connectivity index (χ0) is 13.1. The number of rotatable bonds is 3. The first kappa shape index (κ1) is 12.9. The molecule has 0 amide bonds. The maximum Gasteiger partial charge on any atom is 0.0610 e. The van der Waals surface area contributed by atoms with E-state index < -0.39 is 0 Å². The van der Waals surface area contributed by atoms with Crippen LogP contribution in [0.15, 0.2) is 41.1 Å². The number of benzene rings is 1. The Bertz CT molecular complexity index is 515. The summed E-state index contributed by atoms with van der Waals surface area (Å²) >= 11 is 1.79. The Morgan fingerprint density at radius 1 is 1.16 bits per heavy atom. The van der Waals surface area contributed by atoms with E-state index in [4.69, 9.17) is 0 Å². The first-order valence-electron chi connectivity index (χ1n) is 6.88. The van der Waals surface area contributed by atoms with Gasteiger partial charge in [-0.05, 0) is 34.9 Å². The summed E-state index contributed by atoms with van der Waals surface area (Å²) in [4.78, 5) is 2.59. The first-order valence-corrected chi connectivity index (χ1v) is 7.82. The second kappa shape index (κ2) is 5.87. The van der Waals surface area contributed by atoms with Crippen LogP contribution in [0.4, 0.5) is 0 Å². The monoisotopic (exact) mass is 272 g/mol. The van der Waals surface area contributed by atoms with Gasteiger partial charge in [0.05, 0.1) is 6.04 Å². The van der Waals surface area contributed by atoms with Gasteiger partial charge in [0.2, 0.25) is 0 Å². The van der Waals surface area contributed by atoms with E-state index in [0.717, 1.165) is 26.2 Å². The molecule has 0 saturated carbocycles. The molecule has 0 radical (unpaired) electrons. The minimum atomic E-state index is 0.410. The molecule has 19 heavy (non-hydrogen) atoms. The number of nitrogens with zero attached hydrogens (tertiary/aromatic N) is 1. The Morgan fingerprint density at radius 2 is 2.00 bits per heavy atom. The lowest BCUT2D eigenvalue weighted by Gasteiger charge is -2.35. The number of thiophene rings is 1. The molecule has 0 spiro atoms. The summed E-state index contributed by atoms with van der Waals surface area (Å²) in [7, 11) is 0. The Kier molecular flexibility index (Phi) is 3.97. The maximum atomic E-state index is 3.44. The van der Waals surface area contributed by atoms with Crippen molar-refractivity contribution in [2.75, 3.05) is 26.2 Å². The van der Waals surface area contributed by atoms with E-state index in [0.29, 0.717) is 6.04 Å². The van der Waals surface area contributed by atoms with Crippen molar-refractivity contribution in [2.24, 2.45) is 0 Å². The van der Waals surface area contributed by atoms with Crippen LogP contribution in [0.25, 0.3) is 0 Å². The Balaban J connectivity index is 1.96. The van der Waals surface area contributed by atoms with Crippen molar-refractivity contribution in [2.45, 2.75) is 13.0 Å². The summed E-state index contributed by atoms with van der Waals surface area (Å²) in [5.41, 5.74) is 4.19. The first-order chi connectivity index (χ1) is 9.34. The predicted octanol–water partition coefficient (Wildman–Crippen LogP) is 3.05. The number of nitrogens with one attached hydrogen (secondary N) is 1. The van der Waals surface area contributed by atoms with Crippen molar-refractivity contribution in [3.05, 3.63) is 57.8 Å². The van der Waals surface area contributed by atoms with Crippen molar-refractivity contribution in [3.8, 4) is 0 Å². The zero-order valence-corrected chi connectivity index (χ0v) is 12.1. The maximum absolute atomic E-state index is 3.44. The van der Waals surface area contributed by atoms with Crippen LogP contribution >= 0.6 is 11.3 Å². The van der Waals surface area contributed by atoms with E-state index in [1.54, 1.807) is 11.3 Å². The smallest absolute Gasteiger partial charge is 0.0610 e. The highest BCUT2D eigenvalue weighted by atomic mass is 32.1. The lowest BCUT2D eigenvalue weighted by Crippen LogP contribution is -2.45. The normalized spacial score (nSPS) is 18.4. The fourth-order valence-electron chi connectivity index (χ4n) is 2.83. The van der Waals surface area contributed by atoms with Crippen molar-refractivity contribution in [1.82, 2.24) is 10.2 Å². The highest BCUT2D eigenvalue weighted by Gasteiger charge is 2.23. The molecule has 1 aromatic carbocycles. The standard InChI is InChI=1S/C16H20N2S/c1-13-3-2-4-14(11-13)16(15-5-10-19-12-15)18-8-6-17-7-9-18/h2-5,10-12,16-17H,6-9H2,1H3. The van der Waals surface area contributed by atoms with E-state index in [1.165, 1.54) is 16.7 Å². The third-order valence-electron chi connectivity index (χ3n) is 3.73. The zero-order valence-electron chi connectivity index (χ0n) is 11.3. The molecule has 1 aromatic heterocycles. The molecule has 1 fully saturated rings. The van der Waals surface area contributed by atoms with Crippen molar-refractivity contribution >= 4 is 11.3 Å². The summed E-state index contributed by atoms with van der Waals surface area (Å²) in [6.45, 7) is 6.59. The molecule has 1 unspecified atom stereocenters. The molecule has 1 aliphatic heterocycles. The average Bonchev–Trinajstić information content (AvgIpc) is 2.94. The van der Waals surface area contributed by atoms with Gasteiger partial charge in [-0.2, -0.15) is 11.3 Å². The van der Waals surface area contributed by atoms with Gasteiger partial charge in [0.15, 0.2) is 0 Å². The van der Waals surface area contributed by atoms with Crippen LogP contribution in [-0.4, -0.2) is 31.1 Å². The molecular weight excluding hydrogens is 252 g/mol. The molecule has 3 rings (SSSR count). The summed E-state index contributed by atoms with van der Waals surface area (Å²) in [6.07, 6.45) is 0. The molecule has 2 heterocycles. The van der Waals surface area contributed by atoms with Crippen LogP contribution in [0.5, 0.6) is 0 Å². The SMILES string of the molecule is Cc1cccc(C(c2ccsc2)N2CCNCC2)c1. The van der Waals surface area contributed by atoms with E-state index in [1.807, 2.05) is 0 Å². The van der Waals surface area contributed by atoms with E-state index in [9.17, 15) is 0 Å². The predicted molar refractivity (Wildman–Crippen MR) is 81.8 cm³/mol. The lowest BCUT2D eigenvalue weighted by molar-refractivity contribution is 0.198. The quantitative estimate of drug-likeness (QED) is 0.924. The van der Waals surface area contributed by atoms with Crippen LogP contribution in [0.2, 0.25) is 0 Å². The molecular formula is C16H20N2S. The largest absolute Gasteiger partial charge is 0.314 e. The van der Waals surface area contributed by atoms with Crippen LogP contribution in [0.3, 0.4) is 0 Å². The summed E-state index contributed by atoms with van der Waals surface area (Å²) in [5, 5.41) is 7.91. The highest BCUT2D eigenvalue weighted by Crippen LogP contribution is 2.30. The van der Waals surface area contributed by atoms with Gasteiger partial charge in [-0.3, -0.25) is 4.90 Å². The molecule has 0 bridgehead atoms. The van der Waals surface area contributed by atoms with Gasteiger partial charge in [-0.25, -0.2) is 0 Å². The van der Waals surface area contributed by atoms with Crippen molar-refractivity contribution in [1.29, 1.82) is 0 Å². The number of aryl methyl sites for hydroxylation is 1. The molecule has 100 valence electrons. The van der Waals surface area contributed by atoms with Crippen molar-refractivity contribution < 1.29 is 0 Å². The third-order valence-corrected chi connectivity index (χ3v) is 4.43. The van der Waals surface area contributed by atoms with E-state index >= 15 is 0 Å². The van der Waals surface area contributed by atoms with Crippen molar-refractivity contribution in [3.63, 3.8) is 0 Å². The molecule has 1 N–H and O–H groups in total. The lowest BCUT2D eigenvalue weighted by atomic mass is 9.97. The van der Waals surface area contributed by atoms with Gasteiger partial charge in [-0.15, -0.1) is 0 Å². The topological polar surface area (TPSA) is 15.3 Å². The van der Waals surface area contributed by atoms with E-state index in [-0.39, 0.29) is 0 Å². The second-order valence-corrected chi connectivity index (χ2v) is 5.94. The van der Waals surface area contributed by atoms with Gasteiger partial charge >= 0.3 is 0 Å². The van der Waals surface area contributed by atoms with Crippen LogP contribution in [-0.2, 0) is 0 Å². The minimum absolute atomic E-state index is 0.410. The second-order valence-electron chi connectivity index (χ2n) is 5.16. The molecule has 2 nitrogen and oxygen atoms in total. The third kappa shape index (κ3) is 2.89. The average molecular weight is 272 g/mol. The molecule has 2 aromatic rings. The molecule has 1 aliphatic rings. The van der Waals surface area contributed by atoms with E-state index in [2.05, 4.69) is 58.2 Å². The molecule has 3 heteroatoms. The van der Waals surface area contributed by atoms with Crippen LogP contribution in [0.1, 0.15) is 22.7 Å². The molecule has 1 atom stereocenters. The van der Waals surface area contributed by atoms with Gasteiger partial charge in [0.25, 0.3) is 0 Å². The number of hydrogen-bond donors (Lipinski definition) is 1. The van der Waals surface area contributed by atoms with Crippen LogP contribution < -0.4 is 5.32 Å². The summed E-state index contributed by atoms with van der Waals surface area (Å²) < 4.78 is 0. The van der Waals surface area contributed by atoms with Gasteiger partial charge in [0, 0.05) is 26.2 Å². The van der Waals surface area contributed by atoms with Crippen LogP contribution in [0, 0.1) is 6.92 Å². The minimum Gasteiger partial charge on any atom is -0.314 e. The Morgan fingerprint density at radius 3 is 2.68 bits per heavy atom. The van der Waals surface area contributed by atoms with Gasteiger partial charge in [0.1, 0.15) is 0 Å². The highest BCUT2D eigenvalue weighted by molar-refractivity contribution is 7.08. The van der Waals surface area contributed by atoms with Gasteiger partial charge in [-0.1, -0.05) is 29.8 Å². The summed E-state index contributed by atoms with van der Waals surface area (Å²) in [6, 6.07) is 11.6. The fraction of sp³-hybridized carbons (Fsp3) is 0.375. The fourth-order valence-corrected chi connectivity index (χ4v) is 3.50. The number of piperazine rings is 1. The Labute approximate surface area is 119 Å². The summed E-state index contributed by atoms with van der Waals surface area (Å²) in [5.74, 6) is 0. The number of hydrogen-bond acceptors (Lipinski definition) is 3. The Hall–Kier alpha value is -1.16. The molecule has 1 saturated heterocycles. The molecule has 0 aliphatic carbocycles.